The summed E-state index contributed by atoms with van der Waals surface area (Å²) in [7, 11) is 0. The zero-order valence-electron chi connectivity index (χ0n) is 25.2. The average molecular weight is 599 g/mol. The number of thioether (sulfide) groups is 1. The maximum Gasteiger partial charge on any atom is 0.335 e. The predicted molar refractivity (Wildman–Crippen MR) is 168 cm³/mol. The van der Waals surface area contributed by atoms with Crippen LogP contribution in [0.3, 0.4) is 0 Å². The fraction of sp³-hybridized carbons (Fsp3) is 0.412. The summed E-state index contributed by atoms with van der Waals surface area (Å²) in [6.45, 7) is 8.67. The van der Waals surface area contributed by atoms with Crippen LogP contribution in [0.15, 0.2) is 71.6 Å². The van der Waals surface area contributed by atoms with Gasteiger partial charge in [-0.2, -0.15) is 0 Å². The zero-order valence-corrected chi connectivity index (χ0v) is 26.0. The number of unbranched alkanes of at least 4 members (excludes halogenated alkanes) is 4. The molecular weight excluding hydrogens is 554 g/mol. The van der Waals surface area contributed by atoms with Gasteiger partial charge in [0.05, 0.1) is 12.0 Å². The molecule has 0 aromatic heterocycles. The minimum Gasteiger partial charge on any atom is -0.478 e. The number of halogens is 2. The molecule has 0 saturated heterocycles. The molecule has 0 atom stereocenters. The summed E-state index contributed by atoms with van der Waals surface area (Å²) in [6.07, 6.45) is 5.39. The minimum absolute atomic E-state index is 0. The highest BCUT2D eigenvalue weighted by Gasteiger charge is 2.17. The normalized spacial score (nSPS) is 11.0. The van der Waals surface area contributed by atoms with E-state index in [0.29, 0.717) is 23.4 Å². The second-order valence-corrected chi connectivity index (χ2v) is 12.5. The number of benzene rings is 3. The molecule has 42 heavy (non-hydrogen) atoms. The third-order valence-electron chi connectivity index (χ3n) is 6.18. The smallest absolute Gasteiger partial charge is 0.335 e. The van der Waals surface area contributed by atoms with Crippen molar-refractivity contribution in [1.82, 2.24) is 4.90 Å². The van der Waals surface area contributed by atoms with Crippen LogP contribution in [0, 0.1) is 11.6 Å². The molecule has 3 aromatic rings. The standard InChI is InChI=1S/C30H33F2NO3S.C4H11N/c1-2-3-4-5-8-17-33(20-23-13-14-25(31)19-28(23)32)29(34)18-22-11-15-26(16-12-22)37-21-24-9-6-7-10-27(24)30(35)36;1-4(2,3)5/h6-7,9-16,19H,2-5,8,17-18,20-21H2,1H3,(H,35,36);5H2,1-3H3. The van der Waals surface area contributed by atoms with Gasteiger partial charge in [0.15, 0.2) is 0 Å². The fourth-order valence-corrected chi connectivity index (χ4v) is 4.96. The number of carbonyl (C=O) groups is 2. The molecule has 0 saturated carbocycles. The van der Waals surface area contributed by atoms with Crippen molar-refractivity contribution >= 4 is 23.6 Å². The number of hydrogen-bond donors (Lipinski definition) is 2. The van der Waals surface area contributed by atoms with E-state index in [1.54, 1.807) is 17.0 Å². The molecule has 8 heteroatoms. The molecule has 0 aliphatic rings. The number of carboxylic acid groups (broad SMARTS) is 1. The third-order valence-corrected chi connectivity index (χ3v) is 7.24. The highest BCUT2D eigenvalue weighted by Crippen LogP contribution is 2.25. The summed E-state index contributed by atoms with van der Waals surface area (Å²) >= 11 is 1.53. The van der Waals surface area contributed by atoms with Gasteiger partial charge in [-0.1, -0.05) is 69.0 Å². The number of rotatable bonds is 14. The maximum atomic E-state index is 14.3. The van der Waals surface area contributed by atoms with E-state index in [1.807, 2.05) is 57.2 Å². The van der Waals surface area contributed by atoms with E-state index in [-0.39, 0.29) is 24.4 Å². The third kappa shape index (κ3) is 13.6. The van der Waals surface area contributed by atoms with Crippen molar-refractivity contribution in [3.05, 3.63) is 101 Å². The molecule has 0 radical (unpaired) electrons. The molecule has 0 aliphatic carbocycles. The lowest BCUT2D eigenvalue weighted by Crippen LogP contribution is -2.33. The average Bonchev–Trinajstić information content (AvgIpc) is 2.92. The van der Waals surface area contributed by atoms with Gasteiger partial charge in [0, 0.05) is 40.9 Å². The summed E-state index contributed by atoms with van der Waals surface area (Å²) in [6, 6.07) is 18.0. The van der Waals surface area contributed by atoms with Crippen molar-refractivity contribution in [3.63, 3.8) is 0 Å². The molecule has 0 aliphatic heterocycles. The minimum atomic E-state index is -0.944. The molecule has 228 valence electrons. The van der Waals surface area contributed by atoms with Crippen molar-refractivity contribution in [1.29, 1.82) is 0 Å². The van der Waals surface area contributed by atoms with Gasteiger partial charge in [-0.05, 0) is 62.6 Å². The van der Waals surface area contributed by atoms with E-state index in [9.17, 15) is 23.5 Å². The molecule has 0 bridgehead atoms. The maximum absolute atomic E-state index is 14.3. The number of nitrogens with zero attached hydrogens (tertiary/aromatic N) is 1. The second-order valence-electron chi connectivity index (χ2n) is 11.4. The van der Waals surface area contributed by atoms with Gasteiger partial charge in [-0.3, -0.25) is 4.79 Å². The van der Waals surface area contributed by atoms with E-state index < -0.39 is 17.6 Å². The predicted octanol–water partition coefficient (Wildman–Crippen LogP) is 8.24. The first-order valence-electron chi connectivity index (χ1n) is 14.4. The molecule has 3 aromatic carbocycles. The van der Waals surface area contributed by atoms with Gasteiger partial charge in [-0.25, -0.2) is 13.6 Å². The van der Waals surface area contributed by atoms with Crippen molar-refractivity contribution in [2.24, 2.45) is 5.73 Å². The first kappa shape index (κ1) is 35.0. The Hall–Kier alpha value is -3.23. The van der Waals surface area contributed by atoms with Gasteiger partial charge in [-0.15, -0.1) is 11.8 Å². The highest BCUT2D eigenvalue weighted by molar-refractivity contribution is 7.98. The van der Waals surface area contributed by atoms with E-state index in [0.717, 1.165) is 54.2 Å². The topological polar surface area (TPSA) is 83.6 Å². The number of aromatic carboxylic acids is 1. The van der Waals surface area contributed by atoms with Gasteiger partial charge >= 0.3 is 5.97 Å². The molecule has 0 heterocycles. The van der Waals surface area contributed by atoms with Crippen LogP contribution in [0.1, 0.15) is 86.8 Å². The molecule has 5 nitrogen and oxygen atoms in total. The van der Waals surface area contributed by atoms with E-state index >= 15 is 0 Å². The summed E-state index contributed by atoms with van der Waals surface area (Å²) < 4.78 is 27.6. The molecule has 0 fully saturated rings. The van der Waals surface area contributed by atoms with E-state index in [2.05, 4.69) is 6.92 Å². The number of carboxylic acids is 1. The fourth-order valence-electron chi connectivity index (χ4n) is 4.06. The summed E-state index contributed by atoms with van der Waals surface area (Å²) in [5, 5.41) is 9.36. The first-order valence-corrected chi connectivity index (χ1v) is 15.4. The Kier molecular flexibility index (Phi) is 14.7. The van der Waals surface area contributed by atoms with Gasteiger partial charge in [0.1, 0.15) is 11.6 Å². The van der Waals surface area contributed by atoms with E-state index in [1.165, 1.54) is 23.9 Å². The second kappa shape index (κ2) is 17.7. The molecule has 3 rings (SSSR count). The Bertz CT molecular complexity index is 1270. The van der Waals surface area contributed by atoms with Gasteiger partial charge in [0.25, 0.3) is 0 Å². The zero-order chi connectivity index (χ0) is 31.1. The van der Waals surface area contributed by atoms with Crippen LogP contribution in [0.5, 0.6) is 0 Å². The van der Waals surface area contributed by atoms with Crippen LogP contribution < -0.4 is 5.73 Å². The Balaban J connectivity index is 0.00000113. The van der Waals surface area contributed by atoms with Crippen LogP contribution in [-0.4, -0.2) is 34.0 Å². The largest absolute Gasteiger partial charge is 0.478 e. The van der Waals surface area contributed by atoms with Crippen LogP contribution in [0.2, 0.25) is 0 Å². The van der Waals surface area contributed by atoms with Crippen molar-refractivity contribution in [2.75, 3.05) is 6.54 Å². The molecule has 0 unspecified atom stereocenters. The Morgan fingerprint density at radius 3 is 2.17 bits per heavy atom. The lowest BCUT2D eigenvalue weighted by Gasteiger charge is -2.23. The summed E-state index contributed by atoms with van der Waals surface area (Å²) in [5.74, 6) is -1.80. The summed E-state index contributed by atoms with van der Waals surface area (Å²) in [4.78, 5) is 27.2. The Morgan fingerprint density at radius 2 is 1.55 bits per heavy atom. The lowest BCUT2D eigenvalue weighted by atomic mass is 10.1. The van der Waals surface area contributed by atoms with Gasteiger partial charge in [0.2, 0.25) is 5.91 Å². The Morgan fingerprint density at radius 1 is 0.905 bits per heavy atom. The summed E-state index contributed by atoms with van der Waals surface area (Å²) in [5.41, 5.74) is 7.55. The quantitative estimate of drug-likeness (QED) is 0.144. The van der Waals surface area contributed by atoms with E-state index in [4.69, 9.17) is 5.73 Å². The first-order chi connectivity index (χ1) is 19.9. The van der Waals surface area contributed by atoms with Crippen LogP contribution in [0.25, 0.3) is 0 Å². The molecular formula is C34H44F2N2O3S. The highest BCUT2D eigenvalue weighted by atomic mass is 32.2. The Labute approximate surface area is 253 Å². The van der Waals surface area contributed by atoms with Crippen molar-refractivity contribution in [2.45, 2.75) is 89.0 Å². The molecule has 1 amide bonds. The van der Waals surface area contributed by atoms with Crippen LogP contribution in [-0.2, 0) is 23.5 Å². The number of carbonyl (C=O) groups excluding carboxylic acids is 1. The van der Waals surface area contributed by atoms with Crippen LogP contribution in [0.4, 0.5) is 8.78 Å². The SMILES string of the molecule is CC(C)(C)N.CCCCCCCN(Cc1ccc(F)cc1F)C(=O)Cc1ccc(SCc2ccccc2C(=O)O)cc1. The van der Waals surface area contributed by atoms with Crippen LogP contribution >= 0.6 is 11.8 Å². The lowest BCUT2D eigenvalue weighted by molar-refractivity contribution is -0.131. The van der Waals surface area contributed by atoms with Gasteiger partial charge < -0.3 is 15.7 Å². The molecule has 3 N–H and O–H groups in total. The monoisotopic (exact) mass is 598 g/mol. The molecule has 0 spiro atoms. The number of nitrogens with two attached hydrogens (primary N) is 1. The number of hydrogen-bond acceptors (Lipinski definition) is 4. The number of amides is 1. The van der Waals surface area contributed by atoms with Crippen molar-refractivity contribution in [3.8, 4) is 0 Å². The van der Waals surface area contributed by atoms with Crippen molar-refractivity contribution < 1.29 is 23.5 Å².